The molecule has 3 aromatic rings. The molecule has 108 valence electrons. The molecule has 0 radical (unpaired) electrons. The van der Waals surface area contributed by atoms with E-state index in [0.717, 1.165) is 10.9 Å². The number of anilines is 1. The summed E-state index contributed by atoms with van der Waals surface area (Å²) in [6.07, 6.45) is 5.93. The summed E-state index contributed by atoms with van der Waals surface area (Å²) in [5.74, 6) is 0. The van der Waals surface area contributed by atoms with E-state index in [1.165, 1.54) is 38.0 Å². The molecule has 3 heteroatoms. The molecule has 1 fully saturated rings. The third-order valence-electron chi connectivity index (χ3n) is 3.83. The summed E-state index contributed by atoms with van der Waals surface area (Å²) < 4.78 is 0. The van der Waals surface area contributed by atoms with Gasteiger partial charge in [-0.15, -0.1) is 0 Å². The molecule has 0 saturated carbocycles. The second-order valence-electron chi connectivity index (χ2n) is 5.34. The molecule has 1 N–H and O–H groups in total. The Morgan fingerprint density at radius 1 is 0.810 bits per heavy atom. The minimum absolute atomic E-state index is 1.09. The number of nitrogens with zero attached hydrogens (tertiary/aromatic N) is 2. The lowest BCUT2D eigenvalue weighted by molar-refractivity contribution is 0.578. The van der Waals surface area contributed by atoms with Crippen molar-refractivity contribution in [3.05, 3.63) is 60.8 Å². The van der Waals surface area contributed by atoms with E-state index in [4.69, 9.17) is 0 Å². The summed E-state index contributed by atoms with van der Waals surface area (Å²) in [5.41, 5.74) is 2.48. The van der Waals surface area contributed by atoms with Crippen molar-refractivity contribution in [2.24, 2.45) is 0 Å². The Hall–Kier alpha value is -2.29. The fraction of sp³-hybridized carbons (Fsp3) is 0.278. The molecule has 1 aliphatic heterocycles. The summed E-state index contributed by atoms with van der Waals surface area (Å²) >= 11 is 0. The molecule has 1 aromatic heterocycles. The number of H-pyrrole nitrogens is 1. The first-order valence-electron chi connectivity index (χ1n) is 7.61. The Morgan fingerprint density at radius 3 is 2.29 bits per heavy atom. The molecule has 0 spiro atoms. The fourth-order valence-corrected chi connectivity index (χ4v) is 2.67. The Bertz CT molecular complexity index is 624. The molecule has 0 bridgehead atoms. The Morgan fingerprint density at radius 2 is 1.52 bits per heavy atom. The van der Waals surface area contributed by atoms with Crippen molar-refractivity contribution in [2.45, 2.75) is 19.3 Å². The number of benzene rings is 2. The van der Waals surface area contributed by atoms with Gasteiger partial charge in [0.15, 0.2) is 0 Å². The van der Waals surface area contributed by atoms with E-state index in [2.05, 4.69) is 45.4 Å². The largest absolute Gasteiger partial charge is 0.372 e. The molecule has 1 aliphatic rings. The zero-order valence-electron chi connectivity index (χ0n) is 12.2. The number of fused-ring (bicyclic) bond motifs is 1. The minimum Gasteiger partial charge on any atom is -0.372 e. The van der Waals surface area contributed by atoms with Crippen molar-refractivity contribution in [2.75, 3.05) is 18.0 Å². The van der Waals surface area contributed by atoms with E-state index >= 15 is 0 Å². The van der Waals surface area contributed by atoms with Crippen LogP contribution in [0.15, 0.2) is 60.8 Å². The van der Waals surface area contributed by atoms with Gasteiger partial charge in [0.05, 0.1) is 11.7 Å². The maximum atomic E-state index is 3.88. The lowest BCUT2D eigenvalue weighted by Crippen LogP contribution is -2.29. The van der Waals surface area contributed by atoms with Crippen LogP contribution in [0.25, 0.3) is 10.9 Å². The normalized spacial score (nSPS) is 14.6. The Kier molecular flexibility index (Phi) is 4.52. The van der Waals surface area contributed by atoms with Crippen LogP contribution in [0.5, 0.6) is 0 Å². The number of para-hydroxylation sites is 2. The third kappa shape index (κ3) is 3.63. The second kappa shape index (κ2) is 6.93. The van der Waals surface area contributed by atoms with Gasteiger partial charge in [-0.2, -0.15) is 5.10 Å². The molecule has 2 aromatic carbocycles. The van der Waals surface area contributed by atoms with Gasteiger partial charge in [-0.3, -0.25) is 5.10 Å². The quantitative estimate of drug-likeness (QED) is 0.722. The molecule has 2 heterocycles. The van der Waals surface area contributed by atoms with Gasteiger partial charge in [-0.25, -0.2) is 0 Å². The van der Waals surface area contributed by atoms with Gasteiger partial charge in [0, 0.05) is 24.2 Å². The average Bonchev–Trinajstić information content (AvgIpc) is 3.06. The highest BCUT2D eigenvalue weighted by Gasteiger charge is 2.09. The van der Waals surface area contributed by atoms with Crippen molar-refractivity contribution in [3.8, 4) is 0 Å². The van der Waals surface area contributed by atoms with E-state index in [9.17, 15) is 0 Å². The van der Waals surface area contributed by atoms with Crippen LogP contribution in [0.1, 0.15) is 19.3 Å². The van der Waals surface area contributed by atoms with Crippen molar-refractivity contribution >= 4 is 16.6 Å². The van der Waals surface area contributed by atoms with E-state index in [0.29, 0.717) is 0 Å². The number of aromatic amines is 1. The number of piperidine rings is 1. The van der Waals surface area contributed by atoms with Crippen LogP contribution in [0.2, 0.25) is 0 Å². The number of rotatable bonds is 1. The molecule has 0 amide bonds. The van der Waals surface area contributed by atoms with Gasteiger partial charge in [0.2, 0.25) is 0 Å². The van der Waals surface area contributed by atoms with E-state index in [-0.39, 0.29) is 0 Å². The number of nitrogens with one attached hydrogen (secondary N) is 1. The second-order valence-corrected chi connectivity index (χ2v) is 5.34. The van der Waals surface area contributed by atoms with Gasteiger partial charge < -0.3 is 4.90 Å². The van der Waals surface area contributed by atoms with Gasteiger partial charge in [0.1, 0.15) is 0 Å². The van der Waals surface area contributed by atoms with Gasteiger partial charge in [-0.1, -0.05) is 36.4 Å². The SMILES string of the molecule is c1ccc(N2CCCCC2)cc1.c1ccc2[nH]ncc2c1. The zero-order valence-corrected chi connectivity index (χ0v) is 12.2. The van der Waals surface area contributed by atoms with Crippen LogP contribution in [-0.2, 0) is 0 Å². The fourth-order valence-electron chi connectivity index (χ4n) is 2.67. The number of hydrogen-bond donors (Lipinski definition) is 1. The van der Waals surface area contributed by atoms with Crippen molar-refractivity contribution in [3.63, 3.8) is 0 Å². The first kappa shape index (κ1) is 13.7. The van der Waals surface area contributed by atoms with Crippen LogP contribution in [0, 0.1) is 0 Å². The first-order valence-corrected chi connectivity index (χ1v) is 7.61. The topological polar surface area (TPSA) is 31.9 Å². The first-order chi connectivity index (χ1) is 10.4. The summed E-state index contributed by atoms with van der Waals surface area (Å²) in [7, 11) is 0. The number of aromatic nitrogens is 2. The molecular weight excluding hydrogens is 258 g/mol. The van der Waals surface area contributed by atoms with Crippen LogP contribution in [0.3, 0.4) is 0 Å². The molecule has 1 saturated heterocycles. The van der Waals surface area contributed by atoms with Gasteiger partial charge in [0.25, 0.3) is 0 Å². The van der Waals surface area contributed by atoms with E-state index in [1.54, 1.807) is 0 Å². The van der Waals surface area contributed by atoms with Gasteiger partial charge >= 0.3 is 0 Å². The molecule has 0 unspecified atom stereocenters. The van der Waals surface area contributed by atoms with Crippen LogP contribution < -0.4 is 4.90 Å². The minimum atomic E-state index is 1.09. The molecule has 4 rings (SSSR count). The lowest BCUT2D eigenvalue weighted by atomic mass is 10.1. The van der Waals surface area contributed by atoms with Crippen molar-refractivity contribution in [1.29, 1.82) is 0 Å². The maximum Gasteiger partial charge on any atom is 0.0650 e. The predicted octanol–water partition coefficient (Wildman–Crippen LogP) is 4.24. The van der Waals surface area contributed by atoms with E-state index < -0.39 is 0 Å². The molecule has 0 atom stereocenters. The third-order valence-corrected chi connectivity index (χ3v) is 3.83. The maximum absolute atomic E-state index is 3.88. The predicted molar refractivity (Wildman–Crippen MR) is 88.6 cm³/mol. The number of hydrogen-bond acceptors (Lipinski definition) is 2. The highest BCUT2D eigenvalue weighted by atomic mass is 15.1. The monoisotopic (exact) mass is 279 g/mol. The van der Waals surface area contributed by atoms with Crippen LogP contribution >= 0.6 is 0 Å². The molecule has 3 nitrogen and oxygen atoms in total. The molecule has 0 aliphatic carbocycles. The standard InChI is InChI=1S/C11H15N.C7H6N2/c1-3-7-11(8-4-1)12-9-5-2-6-10-12;1-2-4-7-6(3-1)5-8-9-7/h1,3-4,7-8H,2,5-6,9-10H2;1-5H,(H,8,9). The van der Waals surface area contributed by atoms with Crippen LogP contribution in [0.4, 0.5) is 5.69 Å². The van der Waals surface area contributed by atoms with Crippen LogP contribution in [-0.4, -0.2) is 23.3 Å². The summed E-state index contributed by atoms with van der Waals surface area (Å²) in [6, 6.07) is 18.7. The summed E-state index contributed by atoms with van der Waals surface area (Å²) in [5, 5.41) is 7.91. The van der Waals surface area contributed by atoms with E-state index in [1.807, 2.05) is 30.5 Å². The Balaban J connectivity index is 0.000000131. The smallest absolute Gasteiger partial charge is 0.0650 e. The Labute approximate surface area is 125 Å². The highest BCUT2D eigenvalue weighted by molar-refractivity contribution is 5.77. The molecular formula is C18H21N3. The van der Waals surface area contributed by atoms with Crippen molar-refractivity contribution < 1.29 is 0 Å². The summed E-state index contributed by atoms with van der Waals surface area (Å²) in [4.78, 5) is 2.48. The summed E-state index contributed by atoms with van der Waals surface area (Å²) in [6.45, 7) is 2.48. The zero-order chi connectivity index (χ0) is 14.3. The highest BCUT2D eigenvalue weighted by Crippen LogP contribution is 2.18. The van der Waals surface area contributed by atoms with Gasteiger partial charge in [-0.05, 0) is 37.5 Å². The molecule has 21 heavy (non-hydrogen) atoms. The lowest BCUT2D eigenvalue weighted by Gasteiger charge is -2.28. The van der Waals surface area contributed by atoms with Crippen molar-refractivity contribution in [1.82, 2.24) is 10.2 Å². The average molecular weight is 279 g/mol.